The third-order valence-electron chi connectivity index (χ3n) is 3.76. The second-order valence-electron chi connectivity index (χ2n) is 5.94. The van der Waals surface area contributed by atoms with Gasteiger partial charge in [0.25, 0.3) is 0 Å². The summed E-state index contributed by atoms with van der Waals surface area (Å²) in [5.41, 5.74) is 2.16. The molecule has 28 heavy (non-hydrogen) atoms. The number of amides is 1. The molecule has 0 aromatic heterocycles. The molecule has 0 heterocycles. The Hall–Kier alpha value is -3.09. The lowest BCUT2D eigenvalue weighted by atomic mass is 10.1. The molecule has 0 atom stereocenters. The van der Waals surface area contributed by atoms with E-state index in [1.807, 2.05) is 19.9 Å². The molecular formula is C21H23F2NO4. The summed E-state index contributed by atoms with van der Waals surface area (Å²) in [5, 5.41) is 2.79. The summed E-state index contributed by atoms with van der Waals surface area (Å²) in [7, 11) is 1.35. The van der Waals surface area contributed by atoms with Crippen molar-refractivity contribution < 1.29 is 27.8 Å². The van der Waals surface area contributed by atoms with Crippen molar-refractivity contribution in [3.63, 3.8) is 0 Å². The molecule has 0 aliphatic carbocycles. The molecule has 7 heteroatoms. The fourth-order valence-corrected chi connectivity index (χ4v) is 2.41. The normalized spacial score (nSPS) is 10.9. The summed E-state index contributed by atoms with van der Waals surface area (Å²) in [6.07, 6.45) is 3.82. The lowest BCUT2D eigenvalue weighted by molar-refractivity contribution is -0.111. The van der Waals surface area contributed by atoms with Crippen LogP contribution in [0.1, 0.15) is 24.5 Å². The van der Waals surface area contributed by atoms with Crippen molar-refractivity contribution in [3.8, 4) is 17.2 Å². The molecule has 0 saturated carbocycles. The van der Waals surface area contributed by atoms with Crippen LogP contribution in [0.3, 0.4) is 0 Å². The number of carbonyl (C=O) groups is 1. The number of benzene rings is 2. The average molecular weight is 391 g/mol. The van der Waals surface area contributed by atoms with Gasteiger partial charge in [0.1, 0.15) is 5.75 Å². The molecule has 0 spiro atoms. The van der Waals surface area contributed by atoms with Gasteiger partial charge in [-0.1, -0.05) is 13.0 Å². The summed E-state index contributed by atoms with van der Waals surface area (Å²) in [4.78, 5) is 12.2. The highest BCUT2D eigenvalue weighted by atomic mass is 19.3. The Labute approximate surface area is 162 Å². The summed E-state index contributed by atoms with van der Waals surface area (Å²) >= 11 is 0. The lowest BCUT2D eigenvalue weighted by Crippen LogP contribution is -2.09. The van der Waals surface area contributed by atoms with Gasteiger partial charge in [-0.2, -0.15) is 8.78 Å². The third kappa shape index (κ3) is 6.26. The molecule has 0 fully saturated rings. The Kier molecular flexibility index (Phi) is 7.80. The smallest absolute Gasteiger partial charge is 0.387 e. The first kappa shape index (κ1) is 21.2. The van der Waals surface area contributed by atoms with Gasteiger partial charge < -0.3 is 19.5 Å². The molecule has 2 rings (SSSR count). The highest BCUT2D eigenvalue weighted by Crippen LogP contribution is 2.30. The zero-order valence-electron chi connectivity index (χ0n) is 16.0. The van der Waals surface area contributed by atoms with E-state index in [4.69, 9.17) is 9.47 Å². The van der Waals surface area contributed by atoms with E-state index in [9.17, 15) is 13.6 Å². The van der Waals surface area contributed by atoms with E-state index in [-0.39, 0.29) is 17.4 Å². The molecule has 2 aromatic carbocycles. The first-order chi connectivity index (χ1) is 13.4. The van der Waals surface area contributed by atoms with Gasteiger partial charge in [0.2, 0.25) is 5.91 Å². The van der Waals surface area contributed by atoms with Crippen molar-refractivity contribution in [2.45, 2.75) is 26.9 Å². The quantitative estimate of drug-likeness (QED) is 0.608. The first-order valence-electron chi connectivity index (χ1n) is 8.78. The zero-order chi connectivity index (χ0) is 20.5. The molecule has 5 nitrogen and oxygen atoms in total. The Bertz CT molecular complexity index is 837. The Morgan fingerprint density at radius 2 is 1.96 bits per heavy atom. The maximum atomic E-state index is 12.4. The maximum Gasteiger partial charge on any atom is 0.387 e. The van der Waals surface area contributed by atoms with Gasteiger partial charge in [-0.05, 0) is 60.9 Å². The van der Waals surface area contributed by atoms with Crippen LogP contribution >= 0.6 is 0 Å². The monoisotopic (exact) mass is 391 g/mol. The molecule has 0 unspecified atom stereocenters. The summed E-state index contributed by atoms with van der Waals surface area (Å²) in [5.74, 6) is 0.518. The van der Waals surface area contributed by atoms with Crippen LogP contribution in [-0.2, 0) is 4.79 Å². The number of halogens is 2. The van der Waals surface area contributed by atoms with E-state index in [1.165, 1.54) is 25.3 Å². The van der Waals surface area contributed by atoms with Crippen LogP contribution in [0.15, 0.2) is 42.5 Å². The fourth-order valence-electron chi connectivity index (χ4n) is 2.41. The van der Waals surface area contributed by atoms with E-state index >= 15 is 0 Å². The van der Waals surface area contributed by atoms with E-state index in [0.717, 1.165) is 17.7 Å². The average Bonchev–Trinajstić information content (AvgIpc) is 2.67. The molecule has 1 N–H and O–H groups in total. The van der Waals surface area contributed by atoms with Gasteiger partial charge in [0.05, 0.1) is 13.7 Å². The van der Waals surface area contributed by atoms with Crippen LogP contribution < -0.4 is 19.5 Å². The van der Waals surface area contributed by atoms with Gasteiger partial charge in [-0.25, -0.2) is 0 Å². The number of nitrogens with one attached hydrogen (secondary N) is 1. The number of hydrogen-bond donors (Lipinski definition) is 1. The van der Waals surface area contributed by atoms with Gasteiger partial charge in [-0.15, -0.1) is 0 Å². The Morgan fingerprint density at radius 1 is 1.18 bits per heavy atom. The number of carbonyl (C=O) groups excluding carboxylic acids is 1. The van der Waals surface area contributed by atoms with Crippen molar-refractivity contribution in [3.05, 3.63) is 53.6 Å². The molecule has 150 valence electrons. The second-order valence-corrected chi connectivity index (χ2v) is 5.94. The first-order valence-corrected chi connectivity index (χ1v) is 8.78. The van der Waals surface area contributed by atoms with E-state index in [2.05, 4.69) is 10.1 Å². The Morgan fingerprint density at radius 3 is 2.61 bits per heavy atom. The number of ether oxygens (including phenoxy) is 3. The maximum absolute atomic E-state index is 12.4. The van der Waals surface area contributed by atoms with Crippen molar-refractivity contribution in [2.75, 3.05) is 19.0 Å². The minimum Gasteiger partial charge on any atom is -0.494 e. The van der Waals surface area contributed by atoms with Crippen molar-refractivity contribution in [2.24, 2.45) is 0 Å². The number of rotatable bonds is 9. The van der Waals surface area contributed by atoms with E-state index in [0.29, 0.717) is 17.9 Å². The second kappa shape index (κ2) is 10.3. The summed E-state index contributed by atoms with van der Waals surface area (Å²) in [6.45, 7) is 1.61. The highest BCUT2D eigenvalue weighted by molar-refractivity contribution is 6.02. The van der Waals surface area contributed by atoms with E-state index in [1.54, 1.807) is 24.3 Å². The number of alkyl halides is 2. The molecule has 0 radical (unpaired) electrons. The van der Waals surface area contributed by atoms with Gasteiger partial charge >= 0.3 is 6.61 Å². The van der Waals surface area contributed by atoms with Gasteiger partial charge in [-0.3, -0.25) is 4.79 Å². The molecule has 0 saturated heterocycles. The van der Waals surface area contributed by atoms with Crippen molar-refractivity contribution >= 4 is 17.7 Å². The molecular weight excluding hydrogens is 368 g/mol. The molecule has 0 aliphatic rings. The van der Waals surface area contributed by atoms with Crippen molar-refractivity contribution in [1.29, 1.82) is 0 Å². The number of methoxy groups -OCH3 is 1. The van der Waals surface area contributed by atoms with Crippen LogP contribution in [0.5, 0.6) is 17.2 Å². The predicted molar refractivity (Wildman–Crippen MR) is 104 cm³/mol. The van der Waals surface area contributed by atoms with Crippen LogP contribution in [0.2, 0.25) is 0 Å². The predicted octanol–water partition coefficient (Wildman–Crippen LogP) is 5.05. The number of anilines is 1. The Balaban J connectivity index is 2.03. The molecule has 0 bridgehead atoms. The van der Waals surface area contributed by atoms with Crippen LogP contribution in [-0.4, -0.2) is 26.2 Å². The SMILES string of the molecule is CCCOc1ccc(NC(=O)C=Cc2ccc(OC(F)F)c(OC)c2)c(C)c1. The van der Waals surface area contributed by atoms with E-state index < -0.39 is 6.61 Å². The summed E-state index contributed by atoms with van der Waals surface area (Å²) < 4.78 is 39.7. The number of hydrogen-bond acceptors (Lipinski definition) is 4. The third-order valence-corrected chi connectivity index (χ3v) is 3.76. The molecule has 0 aliphatic heterocycles. The summed E-state index contributed by atoms with van der Waals surface area (Å²) in [6, 6.07) is 9.87. The van der Waals surface area contributed by atoms with Crippen LogP contribution in [0.25, 0.3) is 6.08 Å². The minimum absolute atomic E-state index is 0.0693. The van der Waals surface area contributed by atoms with Crippen LogP contribution in [0, 0.1) is 6.92 Å². The molecule has 1 amide bonds. The van der Waals surface area contributed by atoms with Crippen LogP contribution in [0.4, 0.5) is 14.5 Å². The van der Waals surface area contributed by atoms with Gasteiger partial charge in [0, 0.05) is 11.8 Å². The standard InChI is InChI=1S/C21H23F2NO4/c1-4-11-27-16-7-8-17(14(2)12-16)24-20(25)10-6-15-5-9-18(28-21(22)23)19(13-15)26-3/h5-10,12-13,21H,4,11H2,1-3H3,(H,24,25). The number of aryl methyl sites for hydroxylation is 1. The van der Waals surface area contributed by atoms with Gasteiger partial charge in [0.15, 0.2) is 11.5 Å². The molecule has 2 aromatic rings. The lowest BCUT2D eigenvalue weighted by Gasteiger charge is -2.10. The minimum atomic E-state index is -2.94. The highest BCUT2D eigenvalue weighted by Gasteiger charge is 2.10. The zero-order valence-corrected chi connectivity index (χ0v) is 16.0. The van der Waals surface area contributed by atoms with Crippen molar-refractivity contribution in [1.82, 2.24) is 0 Å². The topological polar surface area (TPSA) is 56.8 Å². The largest absolute Gasteiger partial charge is 0.494 e. The fraction of sp³-hybridized carbons (Fsp3) is 0.286.